The SMILES string of the molecule is C=C(C)C(=O)OCCCCCCC(=O)OCc1ccccc1. The van der Waals surface area contributed by atoms with Crippen molar-refractivity contribution in [2.45, 2.75) is 45.6 Å². The number of carbonyl (C=O) groups excluding carboxylic acids is 2. The van der Waals surface area contributed by atoms with Crippen LogP contribution >= 0.6 is 0 Å². The Kier molecular flexibility index (Phi) is 8.65. The molecule has 0 amide bonds. The highest BCUT2D eigenvalue weighted by molar-refractivity contribution is 5.86. The Labute approximate surface area is 132 Å². The molecule has 0 saturated heterocycles. The molecule has 22 heavy (non-hydrogen) atoms. The van der Waals surface area contributed by atoms with E-state index in [-0.39, 0.29) is 11.9 Å². The lowest BCUT2D eigenvalue weighted by Gasteiger charge is -2.05. The number of ether oxygens (including phenoxy) is 2. The van der Waals surface area contributed by atoms with Crippen molar-refractivity contribution in [3.05, 3.63) is 48.0 Å². The maximum atomic E-state index is 11.6. The zero-order valence-electron chi connectivity index (χ0n) is 13.2. The summed E-state index contributed by atoms with van der Waals surface area (Å²) in [5.41, 5.74) is 1.41. The second-order valence-corrected chi connectivity index (χ2v) is 5.23. The molecule has 0 radical (unpaired) electrons. The molecule has 0 N–H and O–H groups in total. The van der Waals surface area contributed by atoms with E-state index < -0.39 is 0 Å². The first-order chi connectivity index (χ1) is 10.6. The number of rotatable bonds is 10. The normalized spacial score (nSPS) is 10.0. The van der Waals surface area contributed by atoms with Gasteiger partial charge in [0.25, 0.3) is 0 Å². The highest BCUT2D eigenvalue weighted by Crippen LogP contribution is 2.07. The number of hydrogen-bond donors (Lipinski definition) is 0. The van der Waals surface area contributed by atoms with Gasteiger partial charge in [-0.1, -0.05) is 49.8 Å². The Hall–Kier alpha value is -2.10. The van der Waals surface area contributed by atoms with Gasteiger partial charge in [0.1, 0.15) is 6.61 Å². The first-order valence-corrected chi connectivity index (χ1v) is 7.62. The summed E-state index contributed by atoms with van der Waals surface area (Å²) in [4.78, 5) is 22.7. The van der Waals surface area contributed by atoms with Gasteiger partial charge in [-0.3, -0.25) is 4.79 Å². The standard InChI is InChI=1S/C18H24O4/c1-15(2)18(20)21-13-9-4-3-8-12-17(19)22-14-16-10-6-5-7-11-16/h5-7,10-11H,1,3-4,8-9,12-14H2,2H3. The van der Waals surface area contributed by atoms with E-state index >= 15 is 0 Å². The van der Waals surface area contributed by atoms with Crippen molar-refractivity contribution in [3.63, 3.8) is 0 Å². The van der Waals surface area contributed by atoms with Crippen LogP contribution in [-0.2, 0) is 25.7 Å². The van der Waals surface area contributed by atoms with E-state index in [1.54, 1.807) is 6.92 Å². The van der Waals surface area contributed by atoms with Crippen LogP contribution < -0.4 is 0 Å². The molecule has 0 heterocycles. The molecule has 0 unspecified atom stereocenters. The van der Waals surface area contributed by atoms with Crippen LogP contribution in [0.5, 0.6) is 0 Å². The Morgan fingerprint density at radius 2 is 1.68 bits per heavy atom. The van der Waals surface area contributed by atoms with Crippen molar-refractivity contribution >= 4 is 11.9 Å². The summed E-state index contributed by atoms with van der Waals surface area (Å²) in [7, 11) is 0. The molecule has 4 nitrogen and oxygen atoms in total. The van der Waals surface area contributed by atoms with Crippen molar-refractivity contribution in [3.8, 4) is 0 Å². The first kappa shape index (κ1) is 18.0. The van der Waals surface area contributed by atoms with Crippen molar-refractivity contribution in [1.29, 1.82) is 0 Å². The maximum absolute atomic E-state index is 11.6. The van der Waals surface area contributed by atoms with Gasteiger partial charge in [-0.05, 0) is 25.3 Å². The van der Waals surface area contributed by atoms with Gasteiger partial charge in [-0.2, -0.15) is 0 Å². The third-order valence-electron chi connectivity index (χ3n) is 3.10. The van der Waals surface area contributed by atoms with E-state index in [1.165, 1.54) is 0 Å². The molecule has 0 aliphatic heterocycles. The minimum absolute atomic E-state index is 0.169. The van der Waals surface area contributed by atoms with Crippen molar-refractivity contribution in [1.82, 2.24) is 0 Å². The van der Waals surface area contributed by atoms with E-state index in [2.05, 4.69) is 6.58 Å². The lowest BCUT2D eigenvalue weighted by Crippen LogP contribution is -2.06. The number of carbonyl (C=O) groups is 2. The summed E-state index contributed by atoms with van der Waals surface area (Å²) in [5, 5.41) is 0. The monoisotopic (exact) mass is 304 g/mol. The third kappa shape index (κ3) is 8.25. The van der Waals surface area contributed by atoms with E-state index in [0.29, 0.717) is 25.2 Å². The molecule has 0 bridgehead atoms. The number of benzene rings is 1. The van der Waals surface area contributed by atoms with Crippen molar-refractivity contribution < 1.29 is 19.1 Å². The van der Waals surface area contributed by atoms with E-state index in [9.17, 15) is 9.59 Å². The first-order valence-electron chi connectivity index (χ1n) is 7.62. The molecule has 0 atom stereocenters. The predicted octanol–water partition coefficient (Wildman–Crippen LogP) is 3.80. The molecule has 1 aromatic carbocycles. The van der Waals surface area contributed by atoms with E-state index in [0.717, 1.165) is 31.2 Å². The smallest absolute Gasteiger partial charge is 0.333 e. The molecule has 0 saturated carbocycles. The number of esters is 2. The lowest BCUT2D eigenvalue weighted by atomic mass is 10.1. The quantitative estimate of drug-likeness (QED) is 0.375. The molecule has 4 heteroatoms. The fourth-order valence-corrected chi connectivity index (χ4v) is 1.82. The van der Waals surface area contributed by atoms with Crippen LogP contribution in [0.1, 0.15) is 44.6 Å². The lowest BCUT2D eigenvalue weighted by molar-refractivity contribution is -0.145. The van der Waals surface area contributed by atoms with Crippen LogP contribution in [0.3, 0.4) is 0 Å². The molecule has 1 aromatic rings. The van der Waals surface area contributed by atoms with Crippen molar-refractivity contribution in [2.24, 2.45) is 0 Å². The maximum Gasteiger partial charge on any atom is 0.333 e. The van der Waals surface area contributed by atoms with Crippen molar-refractivity contribution in [2.75, 3.05) is 6.61 Å². The van der Waals surface area contributed by atoms with Gasteiger partial charge >= 0.3 is 11.9 Å². The van der Waals surface area contributed by atoms with Crippen LogP contribution in [0, 0.1) is 0 Å². The summed E-state index contributed by atoms with van der Waals surface area (Å²) in [6.45, 7) is 5.88. The highest BCUT2D eigenvalue weighted by atomic mass is 16.5. The molecular weight excluding hydrogens is 280 g/mol. The topological polar surface area (TPSA) is 52.6 Å². The zero-order valence-corrected chi connectivity index (χ0v) is 13.2. The van der Waals surface area contributed by atoms with Crippen LogP contribution in [0.25, 0.3) is 0 Å². The molecule has 0 aliphatic carbocycles. The average Bonchev–Trinajstić information content (AvgIpc) is 2.52. The van der Waals surface area contributed by atoms with Crippen LogP contribution in [0.2, 0.25) is 0 Å². The Morgan fingerprint density at radius 3 is 2.36 bits per heavy atom. The minimum atomic E-state index is -0.343. The largest absolute Gasteiger partial charge is 0.462 e. The zero-order chi connectivity index (χ0) is 16.2. The summed E-state index contributed by atoms with van der Waals surface area (Å²) < 4.78 is 10.2. The molecule has 1 rings (SSSR count). The fraction of sp³-hybridized carbons (Fsp3) is 0.444. The summed E-state index contributed by atoms with van der Waals surface area (Å²) >= 11 is 0. The fourth-order valence-electron chi connectivity index (χ4n) is 1.82. The average molecular weight is 304 g/mol. The van der Waals surface area contributed by atoms with Gasteiger partial charge in [0.15, 0.2) is 0 Å². The Balaban J connectivity index is 1.97. The number of hydrogen-bond acceptors (Lipinski definition) is 4. The van der Waals surface area contributed by atoms with Gasteiger partial charge in [0.2, 0.25) is 0 Å². The van der Waals surface area contributed by atoms with Gasteiger partial charge in [-0.25, -0.2) is 4.79 Å². The van der Waals surface area contributed by atoms with Crippen LogP contribution in [-0.4, -0.2) is 18.5 Å². The van der Waals surface area contributed by atoms with E-state index in [4.69, 9.17) is 9.47 Å². The minimum Gasteiger partial charge on any atom is -0.462 e. The van der Waals surface area contributed by atoms with Gasteiger partial charge in [0, 0.05) is 12.0 Å². The molecule has 0 aliphatic rings. The Morgan fingerprint density at radius 1 is 1.00 bits per heavy atom. The third-order valence-corrected chi connectivity index (χ3v) is 3.10. The number of unbranched alkanes of at least 4 members (excludes halogenated alkanes) is 3. The van der Waals surface area contributed by atoms with Crippen LogP contribution in [0.4, 0.5) is 0 Å². The summed E-state index contributed by atoms with van der Waals surface area (Å²) in [5.74, 6) is -0.512. The Bertz CT molecular complexity index is 479. The molecule has 0 fully saturated rings. The molecule has 0 spiro atoms. The van der Waals surface area contributed by atoms with Gasteiger partial charge < -0.3 is 9.47 Å². The second-order valence-electron chi connectivity index (χ2n) is 5.23. The van der Waals surface area contributed by atoms with Gasteiger partial charge in [-0.15, -0.1) is 0 Å². The predicted molar refractivity (Wildman–Crippen MR) is 85.1 cm³/mol. The summed E-state index contributed by atoms with van der Waals surface area (Å²) in [6, 6.07) is 9.63. The molecular formula is C18H24O4. The molecule has 0 aromatic heterocycles. The van der Waals surface area contributed by atoms with Gasteiger partial charge in [0.05, 0.1) is 6.61 Å². The highest BCUT2D eigenvalue weighted by Gasteiger charge is 2.04. The second kappa shape index (κ2) is 10.6. The van der Waals surface area contributed by atoms with Crippen LogP contribution in [0.15, 0.2) is 42.5 Å². The molecule has 120 valence electrons. The van der Waals surface area contributed by atoms with E-state index in [1.807, 2.05) is 30.3 Å². The summed E-state index contributed by atoms with van der Waals surface area (Å²) in [6.07, 6.45) is 3.87.